The predicted octanol–water partition coefficient (Wildman–Crippen LogP) is 5.62. The first-order valence-corrected chi connectivity index (χ1v) is 13.4. The zero-order valence-electron chi connectivity index (χ0n) is 21.1. The number of methoxy groups -OCH3 is 2. The van der Waals surface area contributed by atoms with Crippen LogP contribution in [0.3, 0.4) is 0 Å². The third kappa shape index (κ3) is 4.77. The van der Waals surface area contributed by atoms with Gasteiger partial charge in [-0.3, -0.25) is 9.69 Å². The Morgan fingerprint density at radius 1 is 1.03 bits per heavy atom. The number of rotatable bonds is 8. The standard InChI is InChI=1S/C29H37ClN2O3/c1-4-12-31(24-16-25-26(17-24)28(35-3)11-10-27(25)34-2)18-19-13-22-8-9-23(14-19)32(22)29(33)20-6-5-7-21(30)15-20/h5-7,10-11,15,19,22-24H,4,8-9,12-14,16-18H2,1-3H3. The Balaban J connectivity index is 1.28. The first kappa shape index (κ1) is 24.5. The van der Waals surface area contributed by atoms with Gasteiger partial charge in [0.25, 0.3) is 5.91 Å². The second-order valence-corrected chi connectivity index (χ2v) is 10.9. The molecule has 1 amide bonds. The second-order valence-electron chi connectivity index (χ2n) is 10.4. The van der Waals surface area contributed by atoms with E-state index in [0.717, 1.165) is 69.5 Å². The van der Waals surface area contributed by atoms with E-state index in [9.17, 15) is 4.79 Å². The van der Waals surface area contributed by atoms with E-state index in [0.29, 0.717) is 34.6 Å². The number of amides is 1. The summed E-state index contributed by atoms with van der Waals surface area (Å²) in [5.74, 6) is 2.72. The van der Waals surface area contributed by atoms with E-state index in [1.807, 2.05) is 30.3 Å². The number of carbonyl (C=O) groups excluding carboxylic acids is 1. The number of carbonyl (C=O) groups is 1. The van der Waals surface area contributed by atoms with Gasteiger partial charge in [-0.25, -0.2) is 0 Å². The fraction of sp³-hybridized carbons (Fsp3) is 0.552. The number of piperidine rings is 1. The van der Waals surface area contributed by atoms with E-state index in [1.165, 1.54) is 11.1 Å². The maximum Gasteiger partial charge on any atom is 0.254 e. The molecule has 0 radical (unpaired) electrons. The molecular formula is C29H37ClN2O3. The molecule has 5 nitrogen and oxygen atoms in total. The minimum atomic E-state index is 0.147. The summed E-state index contributed by atoms with van der Waals surface area (Å²) >= 11 is 6.17. The SMILES string of the molecule is CCCN(CC1CC2CCC(C1)N2C(=O)c1cccc(Cl)c1)C1Cc2c(OC)ccc(OC)c2C1. The van der Waals surface area contributed by atoms with Crippen LogP contribution in [-0.2, 0) is 12.8 Å². The smallest absolute Gasteiger partial charge is 0.254 e. The lowest BCUT2D eigenvalue weighted by molar-refractivity contribution is 0.0455. The van der Waals surface area contributed by atoms with Crippen molar-refractivity contribution in [2.45, 2.75) is 70.0 Å². The topological polar surface area (TPSA) is 42.0 Å². The molecule has 0 aromatic heterocycles. The molecule has 2 aliphatic heterocycles. The van der Waals surface area contributed by atoms with Crippen LogP contribution < -0.4 is 9.47 Å². The maximum absolute atomic E-state index is 13.3. The van der Waals surface area contributed by atoms with Crippen molar-refractivity contribution in [1.82, 2.24) is 9.80 Å². The number of nitrogens with zero attached hydrogens (tertiary/aromatic N) is 2. The minimum Gasteiger partial charge on any atom is -0.496 e. The zero-order valence-corrected chi connectivity index (χ0v) is 21.9. The molecule has 2 unspecified atom stereocenters. The summed E-state index contributed by atoms with van der Waals surface area (Å²) in [6.45, 7) is 4.47. The van der Waals surface area contributed by atoms with E-state index in [4.69, 9.17) is 21.1 Å². The molecule has 2 aromatic rings. The number of hydrogen-bond acceptors (Lipinski definition) is 4. The van der Waals surface area contributed by atoms with Crippen LogP contribution >= 0.6 is 11.6 Å². The normalized spacial score (nSPS) is 23.6. The number of fused-ring (bicyclic) bond motifs is 3. The van der Waals surface area contributed by atoms with E-state index in [1.54, 1.807) is 20.3 Å². The third-order valence-corrected chi connectivity index (χ3v) is 8.56. The van der Waals surface area contributed by atoms with Crippen molar-refractivity contribution in [2.75, 3.05) is 27.3 Å². The average molecular weight is 497 g/mol. The largest absolute Gasteiger partial charge is 0.496 e. The number of halogens is 1. The summed E-state index contributed by atoms with van der Waals surface area (Å²) in [5, 5.41) is 0.624. The molecule has 5 rings (SSSR count). The first-order chi connectivity index (χ1) is 17.0. The van der Waals surface area contributed by atoms with Crippen LogP contribution in [0.2, 0.25) is 5.02 Å². The van der Waals surface area contributed by atoms with E-state index in [2.05, 4.69) is 16.7 Å². The van der Waals surface area contributed by atoms with E-state index < -0.39 is 0 Å². The fourth-order valence-electron chi connectivity index (χ4n) is 6.86. The van der Waals surface area contributed by atoms with Gasteiger partial charge in [-0.2, -0.15) is 0 Å². The van der Waals surface area contributed by atoms with Crippen molar-refractivity contribution < 1.29 is 14.3 Å². The lowest BCUT2D eigenvalue weighted by atomic mass is 9.89. The Hall–Kier alpha value is -2.24. The molecule has 188 valence electrons. The highest BCUT2D eigenvalue weighted by molar-refractivity contribution is 6.30. The van der Waals surface area contributed by atoms with Crippen LogP contribution in [0.15, 0.2) is 36.4 Å². The van der Waals surface area contributed by atoms with Gasteiger partial charge in [-0.15, -0.1) is 0 Å². The van der Waals surface area contributed by atoms with Crippen LogP contribution in [0.1, 0.15) is 60.5 Å². The molecule has 1 aliphatic carbocycles. The Labute approximate surface area is 214 Å². The van der Waals surface area contributed by atoms with Gasteiger partial charge in [0.1, 0.15) is 11.5 Å². The highest BCUT2D eigenvalue weighted by Gasteiger charge is 2.44. The Bertz CT molecular complexity index is 1030. The monoisotopic (exact) mass is 496 g/mol. The van der Waals surface area contributed by atoms with Gasteiger partial charge < -0.3 is 14.4 Å². The zero-order chi connectivity index (χ0) is 24.5. The van der Waals surface area contributed by atoms with Gasteiger partial charge in [0.05, 0.1) is 14.2 Å². The van der Waals surface area contributed by atoms with Crippen LogP contribution in [0.25, 0.3) is 0 Å². The second kappa shape index (κ2) is 10.4. The van der Waals surface area contributed by atoms with Gasteiger partial charge in [0, 0.05) is 46.4 Å². The van der Waals surface area contributed by atoms with Crippen molar-refractivity contribution in [3.8, 4) is 11.5 Å². The van der Waals surface area contributed by atoms with Crippen LogP contribution in [0, 0.1) is 5.92 Å². The van der Waals surface area contributed by atoms with Gasteiger partial charge in [-0.05, 0) is 87.7 Å². The molecule has 2 atom stereocenters. The molecule has 2 heterocycles. The summed E-state index contributed by atoms with van der Waals surface area (Å²) in [6.07, 6.45) is 7.57. The average Bonchev–Trinajstić information content (AvgIpc) is 3.42. The van der Waals surface area contributed by atoms with Crippen molar-refractivity contribution >= 4 is 17.5 Å². The fourth-order valence-corrected chi connectivity index (χ4v) is 7.05. The Kier molecular flexibility index (Phi) is 7.26. The van der Waals surface area contributed by atoms with Crippen molar-refractivity contribution in [3.05, 3.63) is 58.1 Å². The summed E-state index contributed by atoms with van der Waals surface area (Å²) in [4.78, 5) is 18.2. The van der Waals surface area contributed by atoms with Gasteiger partial charge >= 0.3 is 0 Å². The molecule has 0 saturated carbocycles. The number of ether oxygens (including phenoxy) is 2. The van der Waals surface area contributed by atoms with Crippen LogP contribution in [-0.4, -0.2) is 61.1 Å². The number of benzene rings is 2. The predicted molar refractivity (Wildman–Crippen MR) is 140 cm³/mol. The van der Waals surface area contributed by atoms with E-state index in [-0.39, 0.29) is 5.91 Å². The lowest BCUT2D eigenvalue weighted by Gasteiger charge is -2.41. The first-order valence-electron chi connectivity index (χ1n) is 13.1. The lowest BCUT2D eigenvalue weighted by Crippen LogP contribution is -2.49. The van der Waals surface area contributed by atoms with Crippen molar-refractivity contribution in [1.29, 1.82) is 0 Å². The van der Waals surface area contributed by atoms with Crippen LogP contribution in [0.4, 0.5) is 0 Å². The number of hydrogen-bond donors (Lipinski definition) is 0. The third-order valence-electron chi connectivity index (χ3n) is 8.32. The van der Waals surface area contributed by atoms with Gasteiger partial charge in [0.15, 0.2) is 0 Å². The molecule has 2 bridgehead atoms. The van der Waals surface area contributed by atoms with Gasteiger partial charge in [-0.1, -0.05) is 24.6 Å². The Morgan fingerprint density at radius 2 is 1.66 bits per heavy atom. The Morgan fingerprint density at radius 3 is 2.20 bits per heavy atom. The maximum atomic E-state index is 13.3. The van der Waals surface area contributed by atoms with E-state index >= 15 is 0 Å². The molecule has 3 aliphatic rings. The van der Waals surface area contributed by atoms with Crippen LogP contribution in [0.5, 0.6) is 11.5 Å². The van der Waals surface area contributed by atoms with Gasteiger partial charge in [0.2, 0.25) is 0 Å². The minimum absolute atomic E-state index is 0.147. The molecule has 6 heteroatoms. The summed E-state index contributed by atoms with van der Waals surface area (Å²) in [7, 11) is 3.51. The highest BCUT2D eigenvalue weighted by Crippen LogP contribution is 2.42. The molecule has 2 fully saturated rings. The summed E-state index contributed by atoms with van der Waals surface area (Å²) < 4.78 is 11.4. The highest BCUT2D eigenvalue weighted by atomic mass is 35.5. The van der Waals surface area contributed by atoms with Crippen molar-refractivity contribution in [2.24, 2.45) is 5.92 Å². The quantitative estimate of drug-likeness (QED) is 0.475. The molecule has 2 saturated heterocycles. The summed E-state index contributed by atoms with van der Waals surface area (Å²) in [6, 6.07) is 12.6. The molecule has 2 aromatic carbocycles. The molecule has 35 heavy (non-hydrogen) atoms. The summed E-state index contributed by atoms with van der Waals surface area (Å²) in [5.41, 5.74) is 3.33. The molecule has 0 N–H and O–H groups in total. The molecule has 0 spiro atoms. The van der Waals surface area contributed by atoms with Crippen molar-refractivity contribution in [3.63, 3.8) is 0 Å². The molecular weight excluding hydrogens is 460 g/mol.